The molecule has 1 heteroatoms. The lowest BCUT2D eigenvalue weighted by Crippen LogP contribution is -2.24. The monoisotopic (exact) mass is 192 g/mol. The summed E-state index contributed by atoms with van der Waals surface area (Å²) in [5.41, 5.74) is 1.45. The van der Waals surface area contributed by atoms with Gasteiger partial charge in [0.25, 0.3) is 0 Å². The van der Waals surface area contributed by atoms with Crippen molar-refractivity contribution in [1.29, 1.82) is 0 Å². The Morgan fingerprint density at radius 3 is 2.21 bits per heavy atom. The second-order valence-corrected chi connectivity index (χ2v) is 4.58. The van der Waals surface area contributed by atoms with Crippen molar-refractivity contribution in [2.24, 2.45) is 5.92 Å². The number of hydrogen-bond donors (Lipinski definition) is 0. The molecule has 0 aliphatic rings. The van der Waals surface area contributed by atoms with Crippen LogP contribution in [0.3, 0.4) is 0 Å². The molecule has 1 aromatic rings. The van der Waals surface area contributed by atoms with Crippen molar-refractivity contribution < 1.29 is 4.74 Å². The molecule has 0 N–H and O–H groups in total. The van der Waals surface area contributed by atoms with Gasteiger partial charge < -0.3 is 4.74 Å². The smallest absolute Gasteiger partial charge is 0.122 e. The Bertz CT molecular complexity index is 300. The molecule has 0 radical (unpaired) electrons. The van der Waals surface area contributed by atoms with Crippen molar-refractivity contribution >= 4 is 0 Å². The summed E-state index contributed by atoms with van der Waals surface area (Å²) in [5.74, 6) is 1.59. The first-order valence-electron chi connectivity index (χ1n) is 5.13. The minimum absolute atomic E-state index is 0.159. The van der Waals surface area contributed by atoms with E-state index in [4.69, 9.17) is 4.74 Å². The molecule has 0 spiro atoms. The van der Waals surface area contributed by atoms with Gasteiger partial charge in [0.1, 0.15) is 5.75 Å². The molecule has 78 valence electrons. The minimum Gasteiger partial charge on any atom is -0.496 e. The first-order valence-corrected chi connectivity index (χ1v) is 5.13. The van der Waals surface area contributed by atoms with Gasteiger partial charge in [0.05, 0.1) is 7.11 Å². The number of hydrogen-bond acceptors (Lipinski definition) is 1. The fourth-order valence-corrected chi connectivity index (χ4v) is 1.49. The van der Waals surface area contributed by atoms with E-state index in [0.29, 0.717) is 5.92 Å². The Balaban J connectivity index is 3.17. The van der Waals surface area contributed by atoms with Gasteiger partial charge in [-0.1, -0.05) is 45.9 Å². The number of para-hydroxylation sites is 1. The molecule has 0 unspecified atom stereocenters. The molecule has 0 saturated carbocycles. The van der Waals surface area contributed by atoms with E-state index in [1.54, 1.807) is 7.11 Å². The van der Waals surface area contributed by atoms with Gasteiger partial charge in [-0.2, -0.15) is 0 Å². The third kappa shape index (κ3) is 1.92. The predicted octanol–water partition coefficient (Wildman–Crippen LogP) is 3.63. The Kier molecular flexibility index (Phi) is 3.20. The number of methoxy groups -OCH3 is 1. The van der Waals surface area contributed by atoms with Gasteiger partial charge in [-0.15, -0.1) is 0 Å². The Hall–Kier alpha value is -0.980. The normalized spacial score (nSPS) is 11.9. The predicted molar refractivity (Wildman–Crippen MR) is 60.9 cm³/mol. The first kappa shape index (κ1) is 11.1. The van der Waals surface area contributed by atoms with Crippen molar-refractivity contribution in [3.05, 3.63) is 29.8 Å². The molecule has 0 aliphatic carbocycles. The maximum Gasteiger partial charge on any atom is 0.122 e. The second-order valence-electron chi connectivity index (χ2n) is 4.58. The van der Waals surface area contributed by atoms with E-state index >= 15 is 0 Å². The average molecular weight is 192 g/mol. The Morgan fingerprint density at radius 1 is 1.14 bits per heavy atom. The van der Waals surface area contributed by atoms with Crippen molar-refractivity contribution in [2.75, 3.05) is 7.11 Å². The molecule has 0 aliphatic heterocycles. The summed E-state index contributed by atoms with van der Waals surface area (Å²) in [6.07, 6.45) is 0. The maximum atomic E-state index is 5.38. The molecule has 14 heavy (non-hydrogen) atoms. The maximum absolute atomic E-state index is 5.38. The van der Waals surface area contributed by atoms with E-state index in [1.165, 1.54) is 5.56 Å². The van der Waals surface area contributed by atoms with Crippen LogP contribution in [0.25, 0.3) is 0 Å². The molecule has 0 aromatic heterocycles. The lowest BCUT2D eigenvalue weighted by atomic mass is 9.75. The standard InChI is InChI=1S/C13H20O/c1-10(2)13(3,4)11-8-6-7-9-12(11)14-5/h6-10H,1-5H3. The van der Waals surface area contributed by atoms with Crippen LogP contribution >= 0.6 is 0 Å². The molecular formula is C13H20O. The quantitative estimate of drug-likeness (QED) is 0.710. The fourth-order valence-electron chi connectivity index (χ4n) is 1.49. The van der Waals surface area contributed by atoms with Gasteiger partial charge in [-0.05, 0) is 23.0 Å². The highest BCUT2D eigenvalue weighted by molar-refractivity contribution is 5.39. The zero-order chi connectivity index (χ0) is 10.8. The van der Waals surface area contributed by atoms with Crippen LogP contribution in [0.4, 0.5) is 0 Å². The van der Waals surface area contributed by atoms with Crippen LogP contribution in [0, 0.1) is 5.92 Å². The van der Waals surface area contributed by atoms with Crippen molar-refractivity contribution in [3.8, 4) is 5.75 Å². The summed E-state index contributed by atoms with van der Waals surface area (Å²) >= 11 is 0. The van der Waals surface area contributed by atoms with E-state index in [0.717, 1.165) is 5.75 Å². The van der Waals surface area contributed by atoms with Crippen LogP contribution in [-0.2, 0) is 5.41 Å². The lowest BCUT2D eigenvalue weighted by molar-refractivity contribution is 0.342. The molecule has 1 aromatic carbocycles. The minimum atomic E-state index is 0.159. The summed E-state index contributed by atoms with van der Waals surface area (Å²) in [6, 6.07) is 8.26. The molecule has 1 nitrogen and oxygen atoms in total. The van der Waals surface area contributed by atoms with E-state index in [9.17, 15) is 0 Å². The van der Waals surface area contributed by atoms with Crippen LogP contribution in [-0.4, -0.2) is 7.11 Å². The molecule has 0 heterocycles. The fraction of sp³-hybridized carbons (Fsp3) is 0.538. The summed E-state index contributed by atoms with van der Waals surface area (Å²) < 4.78 is 5.38. The molecular weight excluding hydrogens is 172 g/mol. The SMILES string of the molecule is COc1ccccc1C(C)(C)C(C)C. The van der Waals surface area contributed by atoms with Gasteiger partial charge >= 0.3 is 0 Å². The van der Waals surface area contributed by atoms with Gasteiger partial charge in [0, 0.05) is 0 Å². The second kappa shape index (κ2) is 4.04. The number of ether oxygens (including phenoxy) is 1. The van der Waals surface area contributed by atoms with Crippen LogP contribution in [0.15, 0.2) is 24.3 Å². The largest absolute Gasteiger partial charge is 0.496 e. The number of benzene rings is 1. The van der Waals surface area contributed by atoms with E-state index in [1.807, 2.05) is 12.1 Å². The molecule has 1 rings (SSSR count). The molecule has 0 saturated heterocycles. The lowest BCUT2D eigenvalue weighted by Gasteiger charge is -2.31. The summed E-state index contributed by atoms with van der Waals surface area (Å²) in [5, 5.41) is 0. The van der Waals surface area contributed by atoms with Crippen molar-refractivity contribution in [2.45, 2.75) is 33.1 Å². The van der Waals surface area contributed by atoms with Gasteiger partial charge in [-0.3, -0.25) is 0 Å². The Labute approximate surface area is 87.1 Å². The van der Waals surface area contributed by atoms with Gasteiger partial charge in [0.15, 0.2) is 0 Å². The van der Waals surface area contributed by atoms with E-state index in [-0.39, 0.29) is 5.41 Å². The van der Waals surface area contributed by atoms with E-state index < -0.39 is 0 Å². The number of rotatable bonds is 3. The average Bonchev–Trinajstić information content (AvgIpc) is 2.17. The first-order chi connectivity index (χ1) is 6.50. The third-order valence-electron chi connectivity index (χ3n) is 3.24. The molecule has 0 fully saturated rings. The molecule has 0 amide bonds. The Morgan fingerprint density at radius 2 is 1.71 bits per heavy atom. The van der Waals surface area contributed by atoms with Crippen LogP contribution in [0.1, 0.15) is 33.3 Å². The highest BCUT2D eigenvalue weighted by atomic mass is 16.5. The topological polar surface area (TPSA) is 9.23 Å². The third-order valence-corrected chi connectivity index (χ3v) is 3.24. The summed E-state index contributed by atoms with van der Waals surface area (Å²) in [6.45, 7) is 9.00. The van der Waals surface area contributed by atoms with Crippen LogP contribution in [0.2, 0.25) is 0 Å². The zero-order valence-corrected chi connectivity index (χ0v) is 9.79. The van der Waals surface area contributed by atoms with Crippen LogP contribution < -0.4 is 4.74 Å². The summed E-state index contributed by atoms with van der Waals surface area (Å²) in [7, 11) is 1.73. The van der Waals surface area contributed by atoms with Crippen LogP contribution in [0.5, 0.6) is 5.75 Å². The summed E-state index contributed by atoms with van der Waals surface area (Å²) in [4.78, 5) is 0. The molecule has 0 bridgehead atoms. The highest BCUT2D eigenvalue weighted by Crippen LogP contribution is 2.36. The van der Waals surface area contributed by atoms with Gasteiger partial charge in [-0.25, -0.2) is 0 Å². The van der Waals surface area contributed by atoms with Gasteiger partial charge in [0.2, 0.25) is 0 Å². The van der Waals surface area contributed by atoms with Crippen molar-refractivity contribution in [1.82, 2.24) is 0 Å². The van der Waals surface area contributed by atoms with Crippen molar-refractivity contribution in [3.63, 3.8) is 0 Å². The highest BCUT2D eigenvalue weighted by Gasteiger charge is 2.27. The van der Waals surface area contributed by atoms with E-state index in [2.05, 4.69) is 39.8 Å². The molecule has 0 atom stereocenters. The zero-order valence-electron chi connectivity index (χ0n) is 9.79.